The molecule has 1 N–H and O–H groups in total. The topological polar surface area (TPSA) is 68.5 Å². The van der Waals surface area contributed by atoms with E-state index in [2.05, 4.69) is 5.32 Å². The normalized spacial score (nSPS) is 19.0. The van der Waals surface area contributed by atoms with E-state index in [-0.39, 0.29) is 49.6 Å². The lowest BCUT2D eigenvalue weighted by Gasteiger charge is -2.42. The molecule has 5 rings (SSSR count). The Balaban J connectivity index is 1.38. The Morgan fingerprint density at radius 2 is 1.56 bits per heavy atom. The average molecular weight is 644 g/mol. The highest BCUT2D eigenvalue weighted by Crippen LogP contribution is 2.50. The number of fused-ring (bicyclic) bond motifs is 1. The second-order valence-electron chi connectivity index (χ2n) is 12.6. The summed E-state index contributed by atoms with van der Waals surface area (Å²) in [6.45, 7) is 5.41. The van der Waals surface area contributed by atoms with Crippen LogP contribution in [0, 0.1) is 11.7 Å². The van der Waals surface area contributed by atoms with Gasteiger partial charge in [-0.15, -0.1) is 0 Å². The van der Waals surface area contributed by atoms with Crippen molar-refractivity contribution in [3.8, 4) is 11.3 Å². The third kappa shape index (κ3) is 7.35. The molecule has 238 valence electrons. The summed E-state index contributed by atoms with van der Waals surface area (Å²) in [6, 6.07) is 18.5. The van der Waals surface area contributed by atoms with Gasteiger partial charge in [0.15, 0.2) is 5.58 Å². The fourth-order valence-corrected chi connectivity index (χ4v) is 6.32. The number of hydrogen-bond donors (Lipinski definition) is 1. The maximum absolute atomic E-state index is 13.8. The molecule has 1 heterocycles. The van der Waals surface area contributed by atoms with Crippen LogP contribution in [0.15, 0.2) is 71.1 Å². The van der Waals surface area contributed by atoms with E-state index in [1.807, 2.05) is 24.3 Å². The standard InChI is InChI=1S/C35H34ClF4NO4/c1-33(2,3)45-30(42)14-17-41-32(43)22-6-10-25(11-7-22)34(15-12-26(13-16-34)35(38,39)40)24-8-4-21(5-9-24)29-19-23-18-27(37)20-28(36)31(23)44-29/h4-11,18-20,26H,12-17H2,1-3H3,(H,41,43). The van der Waals surface area contributed by atoms with Crippen molar-refractivity contribution in [2.75, 3.05) is 6.54 Å². The van der Waals surface area contributed by atoms with Crippen molar-refractivity contribution in [2.45, 2.75) is 70.1 Å². The number of nitrogens with one attached hydrogen (secondary N) is 1. The van der Waals surface area contributed by atoms with Gasteiger partial charge in [-0.1, -0.05) is 48.0 Å². The molecule has 0 bridgehead atoms. The first-order chi connectivity index (χ1) is 21.1. The molecule has 0 atom stereocenters. The van der Waals surface area contributed by atoms with Crippen LogP contribution in [0.3, 0.4) is 0 Å². The van der Waals surface area contributed by atoms with Gasteiger partial charge in [-0.25, -0.2) is 4.39 Å². The first-order valence-electron chi connectivity index (χ1n) is 14.8. The number of amides is 1. The van der Waals surface area contributed by atoms with Gasteiger partial charge in [0, 0.05) is 28.5 Å². The van der Waals surface area contributed by atoms with Gasteiger partial charge in [0.05, 0.1) is 17.4 Å². The van der Waals surface area contributed by atoms with Crippen molar-refractivity contribution >= 4 is 34.4 Å². The van der Waals surface area contributed by atoms with Gasteiger partial charge in [-0.05, 0) is 87.9 Å². The van der Waals surface area contributed by atoms with Crippen LogP contribution in [0.25, 0.3) is 22.3 Å². The van der Waals surface area contributed by atoms with Gasteiger partial charge >= 0.3 is 12.1 Å². The van der Waals surface area contributed by atoms with Crippen LogP contribution in [-0.4, -0.2) is 30.2 Å². The zero-order valence-electron chi connectivity index (χ0n) is 25.2. The molecule has 1 aromatic heterocycles. The molecule has 1 aliphatic carbocycles. The largest absolute Gasteiger partial charge is 0.460 e. The van der Waals surface area contributed by atoms with Gasteiger partial charge < -0.3 is 14.5 Å². The van der Waals surface area contributed by atoms with Crippen molar-refractivity contribution < 1.29 is 36.3 Å². The fourth-order valence-electron chi connectivity index (χ4n) is 6.07. The molecule has 5 nitrogen and oxygen atoms in total. The number of rotatable bonds is 7. The van der Waals surface area contributed by atoms with E-state index in [1.54, 1.807) is 51.1 Å². The number of esters is 1. The molecule has 45 heavy (non-hydrogen) atoms. The van der Waals surface area contributed by atoms with Crippen LogP contribution in [-0.2, 0) is 14.9 Å². The summed E-state index contributed by atoms with van der Waals surface area (Å²) in [6.07, 6.45) is -3.73. The first-order valence-corrected chi connectivity index (χ1v) is 15.2. The summed E-state index contributed by atoms with van der Waals surface area (Å²) in [5.41, 5.74) is 1.80. The van der Waals surface area contributed by atoms with Gasteiger partial charge in [0.25, 0.3) is 5.91 Å². The predicted octanol–water partition coefficient (Wildman–Crippen LogP) is 9.39. The third-order valence-corrected chi connectivity index (χ3v) is 8.57. The van der Waals surface area contributed by atoms with Crippen LogP contribution in [0.4, 0.5) is 17.6 Å². The predicted molar refractivity (Wildman–Crippen MR) is 165 cm³/mol. The lowest BCUT2D eigenvalue weighted by atomic mass is 9.63. The number of furan rings is 1. The molecule has 4 aromatic rings. The summed E-state index contributed by atoms with van der Waals surface area (Å²) in [5.74, 6) is -2.15. The Bertz CT molecular complexity index is 1680. The Morgan fingerprint density at radius 1 is 0.956 bits per heavy atom. The first kappa shape index (κ1) is 32.5. The second kappa shape index (κ2) is 12.5. The summed E-state index contributed by atoms with van der Waals surface area (Å²) in [7, 11) is 0. The quantitative estimate of drug-likeness (QED) is 0.161. The number of ether oxygens (including phenoxy) is 1. The fraction of sp³-hybridized carbons (Fsp3) is 0.371. The SMILES string of the molecule is CC(C)(C)OC(=O)CCNC(=O)c1ccc(C2(c3ccc(-c4cc5cc(F)cc(Cl)c5o4)cc3)CCC(C(F)(F)F)CC2)cc1. The van der Waals surface area contributed by atoms with E-state index in [0.717, 1.165) is 11.1 Å². The molecular weight excluding hydrogens is 610 g/mol. The second-order valence-corrected chi connectivity index (χ2v) is 13.0. The van der Waals surface area contributed by atoms with Gasteiger partial charge in [0.2, 0.25) is 0 Å². The van der Waals surface area contributed by atoms with Crippen LogP contribution in [0.5, 0.6) is 0 Å². The third-order valence-electron chi connectivity index (χ3n) is 8.29. The molecule has 1 fully saturated rings. The minimum Gasteiger partial charge on any atom is -0.460 e. The number of alkyl halides is 3. The molecule has 0 unspecified atom stereocenters. The van der Waals surface area contributed by atoms with Crippen molar-refractivity contribution in [2.24, 2.45) is 5.92 Å². The zero-order chi connectivity index (χ0) is 32.6. The number of halogens is 5. The average Bonchev–Trinajstić information content (AvgIpc) is 3.40. The summed E-state index contributed by atoms with van der Waals surface area (Å²) >= 11 is 6.15. The molecule has 1 amide bonds. The maximum atomic E-state index is 13.8. The van der Waals surface area contributed by atoms with Crippen molar-refractivity contribution in [1.82, 2.24) is 5.32 Å². The lowest BCUT2D eigenvalue weighted by Crippen LogP contribution is -2.37. The highest BCUT2D eigenvalue weighted by molar-refractivity contribution is 6.34. The number of carbonyl (C=O) groups is 2. The van der Waals surface area contributed by atoms with E-state index in [9.17, 15) is 27.2 Å². The molecule has 3 aromatic carbocycles. The monoisotopic (exact) mass is 643 g/mol. The molecule has 0 aliphatic heterocycles. The van der Waals surface area contributed by atoms with E-state index < -0.39 is 34.9 Å². The van der Waals surface area contributed by atoms with Crippen molar-refractivity contribution in [3.05, 3.63) is 94.3 Å². The molecule has 1 aliphatic rings. The Morgan fingerprint density at radius 3 is 2.13 bits per heavy atom. The molecule has 0 saturated heterocycles. The van der Waals surface area contributed by atoms with Crippen molar-refractivity contribution in [3.63, 3.8) is 0 Å². The van der Waals surface area contributed by atoms with E-state index in [0.29, 0.717) is 27.9 Å². The molecule has 0 spiro atoms. The summed E-state index contributed by atoms with van der Waals surface area (Å²) < 4.78 is 65.9. The lowest BCUT2D eigenvalue weighted by molar-refractivity contribution is -0.184. The number of hydrogen-bond acceptors (Lipinski definition) is 4. The molecule has 10 heteroatoms. The van der Waals surface area contributed by atoms with Gasteiger partial charge in [-0.2, -0.15) is 13.2 Å². The number of benzene rings is 3. The summed E-state index contributed by atoms with van der Waals surface area (Å²) in [5, 5.41) is 3.40. The molecular formula is C35H34ClF4NO4. The zero-order valence-corrected chi connectivity index (χ0v) is 25.9. The molecule has 1 saturated carbocycles. The maximum Gasteiger partial charge on any atom is 0.391 e. The highest BCUT2D eigenvalue weighted by Gasteiger charge is 2.47. The number of carbonyl (C=O) groups excluding carboxylic acids is 2. The Labute approximate surface area is 263 Å². The minimum absolute atomic E-state index is 0.0220. The van der Waals surface area contributed by atoms with Gasteiger partial charge in [-0.3, -0.25) is 9.59 Å². The van der Waals surface area contributed by atoms with E-state index in [4.69, 9.17) is 20.8 Å². The van der Waals surface area contributed by atoms with Crippen LogP contribution in [0.1, 0.15) is 74.4 Å². The van der Waals surface area contributed by atoms with Crippen molar-refractivity contribution in [1.29, 1.82) is 0 Å². The molecule has 0 radical (unpaired) electrons. The van der Waals surface area contributed by atoms with Crippen LogP contribution in [0.2, 0.25) is 5.02 Å². The van der Waals surface area contributed by atoms with Gasteiger partial charge in [0.1, 0.15) is 17.2 Å². The Hall–Kier alpha value is -3.85. The Kier molecular flexibility index (Phi) is 9.04. The smallest absolute Gasteiger partial charge is 0.391 e. The van der Waals surface area contributed by atoms with E-state index in [1.165, 1.54) is 12.1 Å². The highest BCUT2D eigenvalue weighted by atomic mass is 35.5. The summed E-state index contributed by atoms with van der Waals surface area (Å²) in [4.78, 5) is 24.7. The van der Waals surface area contributed by atoms with E-state index >= 15 is 0 Å². The van der Waals surface area contributed by atoms with Crippen LogP contribution >= 0.6 is 11.6 Å². The van der Waals surface area contributed by atoms with Crippen LogP contribution < -0.4 is 5.32 Å². The minimum atomic E-state index is -4.26.